The Bertz CT molecular complexity index is 1390. The third-order valence-corrected chi connectivity index (χ3v) is 5.56. The molecule has 0 saturated carbocycles. The molecule has 0 aromatic heterocycles. The van der Waals surface area contributed by atoms with Crippen molar-refractivity contribution in [3.8, 4) is 28.7 Å². The van der Waals surface area contributed by atoms with E-state index < -0.39 is 11.9 Å². The molecule has 0 amide bonds. The second-order valence-electron chi connectivity index (χ2n) is 7.56. The fourth-order valence-corrected chi connectivity index (χ4v) is 3.62. The summed E-state index contributed by atoms with van der Waals surface area (Å²) < 4.78 is 32.3. The Morgan fingerprint density at radius 3 is 2.08 bits per heavy atom. The van der Waals surface area contributed by atoms with E-state index in [1.165, 1.54) is 34.5 Å². The lowest BCUT2D eigenvalue weighted by atomic mass is 10.1. The first kappa shape index (κ1) is 25.6. The standard InChI is InChI=1S/C27H22ClNO8/c1-32-21-12-15(5-10-20(21)36-26(30)16-6-8-18(28)9-7-16)11-19-27(31)37-25(29-19)17-13-22(33-2)24(35-4)23(14-17)34-3/h5-14H,1-4H3/b19-11-. The number of methoxy groups -OCH3 is 4. The summed E-state index contributed by atoms with van der Waals surface area (Å²) in [6.07, 6.45) is 1.53. The van der Waals surface area contributed by atoms with Gasteiger partial charge in [-0.2, -0.15) is 0 Å². The van der Waals surface area contributed by atoms with Crippen LogP contribution in [0.3, 0.4) is 0 Å². The lowest BCUT2D eigenvalue weighted by Crippen LogP contribution is -2.09. The van der Waals surface area contributed by atoms with Crippen LogP contribution in [0.15, 0.2) is 65.3 Å². The monoisotopic (exact) mass is 523 g/mol. The van der Waals surface area contributed by atoms with Crippen molar-refractivity contribution in [3.05, 3.63) is 82.0 Å². The van der Waals surface area contributed by atoms with Crippen LogP contribution in [0.4, 0.5) is 0 Å². The first-order valence-corrected chi connectivity index (χ1v) is 11.2. The van der Waals surface area contributed by atoms with Crippen LogP contribution in [-0.4, -0.2) is 46.3 Å². The molecule has 0 atom stereocenters. The van der Waals surface area contributed by atoms with Crippen molar-refractivity contribution in [1.82, 2.24) is 0 Å². The first-order valence-electron chi connectivity index (χ1n) is 10.9. The average molecular weight is 524 g/mol. The lowest BCUT2D eigenvalue weighted by Gasteiger charge is -2.13. The fraction of sp³-hybridized carbons (Fsp3) is 0.148. The van der Waals surface area contributed by atoms with Gasteiger partial charge in [0.25, 0.3) is 0 Å². The number of hydrogen-bond acceptors (Lipinski definition) is 9. The Kier molecular flexibility index (Phi) is 7.64. The van der Waals surface area contributed by atoms with Crippen molar-refractivity contribution in [1.29, 1.82) is 0 Å². The predicted molar refractivity (Wildman–Crippen MR) is 136 cm³/mol. The number of rotatable bonds is 8. The van der Waals surface area contributed by atoms with E-state index in [2.05, 4.69) is 4.99 Å². The maximum absolute atomic E-state index is 12.5. The number of aliphatic imine (C=N–C) groups is 1. The molecule has 0 radical (unpaired) electrons. The van der Waals surface area contributed by atoms with Crippen LogP contribution < -0.4 is 23.7 Å². The molecule has 3 aromatic carbocycles. The molecule has 37 heavy (non-hydrogen) atoms. The molecular formula is C27H22ClNO8. The largest absolute Gasteiger partial charge is 0.493 e. The Hall–Kier alpha value is -4.50. The van der Waals surface area contributed by atoms with Gasteiger partial charge >= 0.3 is 11.9 Å². The normalized spacial score (nSPS) is 13.6. The number of halogens is 1. The number of esters is 2. The van der Waals surface area contributed by atoms with Gasteiger partial charge in [0.05, 0.1) is 34.0 Å². The number of benzene rings is 3. The number of ether oxygens (including phenoxy) is 6. The Morgan fingerprint density at radius 2 is 1.49 bits per heavy atom. The highest BCUT2D eigenvalue weighted by Crippen LogP contribution is 2.39. The van der Waals surface area contributed by atoms with Gasteiger partial charge in [0, 0.05) is 10.6 Å². The van der Waals surface area contributed by atoms with E-state index in [0.717, 1.165) is 0 Å². The molecule has 10 heteroatoms. The van der Waals surface area contributed by atoms with Gasteiger partial charge in [-0.05, 0) is 60.2 Å². The minimum atomic E-state index is -0.638. The topological polar surface area (TPSA) is 102 Å². The second-order valence-corrected chi connectivity index (χ2v) is 7.99. The van der Waals surface area contributed by atoms with Gasteiger partial charge in [0.15, 0.2) is 28.7 Å². The molecule has 3 aromatic rings. The molecule has 9 nitrogen and oxygen atoms in total. The maximum Gasteiger partial charge on any atom is 0.363 e. The summed E-state index contributed by atoms with van der Waals surface area (Å²) in [6, 6.07) is 14.4. The van der Waals surface area contributed by atoms with Gasteiger partial charge in [-0.3, -0.25) is 0 Å². The zero-order chi connectivity index (χ0) is 26.5. The zero-order valence-electron chi connectivity index (χ0n) is 20.4. The van der Waals surface area contributed by atoms with Crippen LogP contribution in [0.2, 0.25) is 5.02 Å². The molecule has 0 bridgehead atoms. The van der Waals surface area contributed by atoms with E-state index in [-0.39, 0.29) is 23.1 Å². The molecule has 190 valence electrons. The van der Waals surface area contributed by atoms with E-state index in [1.807, 2.05) is 0 Å². The molecule has 0 aliphatic carbocycles. The fourth-order valence-electron chi connectivity index (χ4n) is 3.50. The average Bonchev–Trinajstić information content (AvgIpc) is 3.28. The zero-order valence-corrected chi connectivity index (χ0v) is 21.1. The predicted octanol–water partition coefficient (Wildman–Crippen LogP) is 4.94. The molecule has 4 rings (SSSR count). The van der Waals surface area contributed by atoms with Crippen LogP contribution in [-0.2, 0) is 9.53 Å². The minimum Gasteiger partial charge on any atom is -0.493 e. The quantitative estimate of drug-likeness (QED) is 0.232. The Labute approximate surface area is 217 Å². The molecule has 0 N–H and O–H groups in total. The van der Waals surface area contributed by atoms with E-state index >= 15 is 0 Å². The SMILES string of the molecule is COc1cc(/C=C2\N=C(c3cc(OC)c(OC)c(OC)c3)OC2=O)ccc1OC(=O)c1ccc(Cl)cc1. The highest BCUT2D eigenvalue weighted by atomic mass is 35.5. The molecule has 0 saturated heterocycles. The van der Waals surface area contributed by atoms with Gasteiger partial charge in [-0.1, -0.05) is 17.7 Å². The van der Waals surface area contributed by atoms with Gasteiger partial charge in [-0.25, -0.2) is 14.6 Å². The first-order chi connectivity index (χ1) is 17.9. The minimum absolute atomic E-state index is 0.0664. The van der Waals surface area contributed by atoms with Gasteiger partial charge in [-0.15, -0.1) is 0 Å². The molecule has 1 aliphatic heterocycles. The van der Waals surface area contributed by atoms with Crippen molar-refractivity contribution in [2.75, 3.05) is 28.4 Å². The summed E-state index contributed by atoms with van der Waals surface area (Å²) >= 11 is 5.87. The number of carbonyl (C=O) groups excluding carboxylic acids is 2. The van der Waals surface area contributed by atoms with E-state index in [9.17, 15) is 9.59 Å². The molecule has 0 unspecified atom stereocenters. The number of hydrogen-bond donors (Lipinski definition) is 0. The molecule has 1 heterocycles. The summed E-state index contributed by atoms with van der Waals surface area (Å²) in [7, 11) is 5.90. The summed E-state index contributed by atoms with van der Waals surface area (Å²) in [5, 5.41) is 0.507. The summed E-state index contributed by atoms with van der Waals surface area (Å²) in [6.45, 7) is 0. The van der Waals surface area contributed by atoms with Crippen LogP contribution in [0, 0.1) is 0 Å². The Balaban J connectivity index is 1.60. The van der Waals surface area contributed by atoms with Gasteiger partial charge in [0.2, 0.25) is 11.6 Å². The van der Waals surface area contributed by atoms with Crippen LogP contribution in [0.25, 0.3) is 6.08 Å². The highest BCUT2D eigenvalue weighted by molar-refractivity contribution is 6.30. The number of carbonyl (C=O) groups is 2. The second kappa shape index (κ2) is 11.0. The van der Waals surface area contributed by atoms with Crippen molar-refractivity contribution in [3.63, 3.8) is 0 Å². The van der Waals surface area contributed by atoms with Crippen molar-refractivity contribution >= 4 is 35.5 Å². The lowest BCUT2D eigenvalue weighted by molar-refractivity contribution is -0.129. The molecular weight excluding hydrogens is 502 g/mol. The van der Waals surface area contributed by atoms with Crippen molar-refractivity contribution in [2.45, 2.75) is 0 Å². The van der Waals surface area contributed by atoms with Crippen molar-refractivity contribution < 1.29 is 38.0 Å². The van der Waals surface area contributed by atoms with Crippen LogP contribution in [0.5, 0.6) is 28.7 Å². The van der Waals surface area contributed by atoms with E-state index in [1.54, 1.807) is 54.6 Å². The van der Waals surface area contributed by atoms with Crippen molar-refractivity contribution in [2.24, 2.45) is 4.99 Å². The molecule has 0 fully saturated rings. The van der Waals surface area contributed by atoms with Crippen LogP contribution in [0.1, 0.15) is 21.5 Å². The van der Waals surface area contributed by atoms with E-state index in [4.69, 9.17) is 40.0 Å². The number of nitrogens with zero attached hydrogens (tertiary/aromatic N) is 1. The third-order valence-electron chi connectivity index (χ3n) is 5.31. The maximum atomic E-state index is 12.5. The third kappa shape index (κ3) is 5.52. The summed E-state index contributed by atoms with van der Waals surface area (Å²) in [5.74, 6) is 0.551. The molecule has 0 spiro atoms. The van der Waals surface area contributed by atoms with Crippen LogP contribution >= 0.6 is 11.6 Å². The highest BCUT2D eigenvalue weighted by Gasteiger charge is 2.27. The summed E-state index contributed by atoms with van der Waals surface area (Å²) in [4.78, 5) is 29.3. The van der Waals surface area contributed by atoms with E-state index in [0.29, 0.717) is 39.0 Å². The summed E-state index contributed by atoms with van der Waals surface area (Å²) in [5.41, 5.74) is 1.44. The Morgan fingerprint density at radius 1 is 0.838 bits per heavy atom. The van der Waals surface area contributed by atoms with Gasteiger partial charge in [0.1, 0.15) is 0 Å². The smallest absolute Gasteiger partial charge is 0.363 e. The number of cyclic esters (lactones) is 1. The molecule has 1 aliphatic rings. The van der Waals surface area contributed by atoms with Gasteiger partial charge < -0.3 is 28.4 Å².